The molecule has 0 saturated heterocycles. The average molecular weight is 236 g/mol. The fourth-order valence-electron chi connectivity index (χ4n) is 1.12. The van der Waals surface area contributed by atoms with Crippen molar-refractivity contribution in [3.05, 3.63) is 23.4 Å². The van der Waals surface area contributed by atoms with Gasteiger partial charge in [0, 0.05) is 11.4 Å². The Balaban J connectivity index is 2.57. The molecule has 0 radical (unpaired) electrons. The lowest BCUT2D eigenvalue weighted by Crippen LogP contribution is -2.01. The largest absolute Gasteiger partial charge is 0.469 e. The number of carbonyl (C=O) groups is 1. The molecule has 1 aromatic rings. The van der Waals surface area contributed by atoms with Crippen LogP contribution in [0, 0.1) is 18.3 Å². The molecule has 0 aromatic carbocycles. The number of aryl methyl sites for hydroxylation is 1. The number of thioether (sulfide) groups is 1. The first-order valence-corrected chi connectivity index (χ1v) is 5.72. The molecule has 0 amide bonds. The van der Waals surface area contributed by atoms with Crippen molar-refractivity contribution in [1.29, 1.82) is 5.26 Å². The third-order valence-corrected chi connectivity index (χ3v) is 2.76. The van der Waals surface area contributed by atoms with Crippen molar-refractivity contribution in [2.75, 3.05) is 12.9 Å². The molecule has 1 heterocycles. The second kappa shape index (κ2) is 6.13. The first kappa shape index (κ1) is 12.5. The fourth-order valence-corrected chi connectivity index (χ4v) is 2.01. The maximum atomic E-state index is 10.9. The number of esters is 1. The summed E-state index contributed by atoms with van der Waals surface area (Å²) in [6, 6.07) is 5.52. The van der Waals surface area contributed by atoms with Crippen LogP contribution in [0.1, 0.15) is 17.7 Å². The first-order valence-electron chi connectivity index (χ1n) is 4.74. The molecule has 0 spiro atoms. The molecule has 0 aliphatic rings. The highest BCUT2D eigenvalue weighted by Gasteiger charge is 2.03. The normalized spacial score (nSPS) is 9.56. The Morgan fingerprint density at radius 2 is 2.38 bits per heavy atom. The number of carbonyl (C=O) groups excluding carboxylic acids is 1. The zero-order valence-electron chi connectivity index (χ0n) is 9.19. The topological polar surface area (TPSA) is 63.0 Å². The lowest BCUT2D eigenvalue weighted by molar-refractivity contribution is -0.140. The lowest BCUT2D eigenvalue weighted by atomic mass is 10.2. The second-order valence-electron chi connectivity index (χ2n) is 3.12. The number of hydrogen-bond donors (Lipinski definition) is 0. The van der Waals surface area contributed by atoms with Gasteiger partial charge in [-0.1, -0.05) is 0 Å². The third kappa shape index (κ3) is 3.91. The van der Waals surface area contributed by atoms with Gasteiger partial charge in [0.15, 0.2) is 0 Å². The van der Waals surface area contributed by atoms with E-state index in [1.807, 2.05) is 6.92 Å². The molecular weight excluding hydrogens is 224 g/mol. The van der Waals surface area contributed by atoms with E-state index in [4.69, 9.17) is 5.26 Å². The number of methoxy groups -OCH3 is 1. The van der Waals surface area contributed by atoms with Crippen molar-refractivity contribution >= 4 is 17.7 Å². The highest BCUT2D eigenvalue weighted by Crippen LogP contribution is 2.18. The number of aromatic nitrogens is 1. The predicted octanol–water partition coefficient (Wildman–Crippen LogP) is 1.92. The Kier molecular flexibility index (Phi) is 4.80. The quantitative estimate of drug-likeness (QED) is 0.590. The number of hydrogen-bond acceptors (Lipinski definition) is 5. The van der Waals surface area contributed by atoms with Gasteiger partial charge in [0.2, 0.25) is 0 Å². The Bertz CT molecular complexity index is 426. The van der Waals surface area contributed by atoms with Crippen LogP contribution in [0.15, 0.2) is 17.2 Å². The molecule has 0 aliphatic carbocycles. The van der Waals surface area contributed by atoms with Gasteiger partial charge in [0.1, 0.15) is 0 Å². The van der Waals surface area contributed by atoms with Crippen LogP contribution >= 0.6 is 11.8 Å². The van der Waals surface area contributed by atoms with Gasteiger partial charge in [-0.3, -0.25) is 4.79 Å². The minimum absolute atomic E-state index is 0.236. The van der Waals surface area contributed by atoms with Crippen LogP contribution in [0.3, 0.4) is 0 Å². The van der Waals surface area contributed by atoms with Crippen molar-refractivity contribution in [1.82, 2.24) is 4.98 Å². The van der Waals surface area contributed by atoms with Gasteiger partial charge in [-0.05, 0) is 19.1 Å². The minimum atomic E-state index is -0.236. The molecule has 0 saturated carbocycles. The SMILES string of the molecule is COC(=O)CCSc1cc(C#N)cc(C)n1. The van der Waals surface area contributed by atoms with E-state index >= 15 is 0 Å². The van der Waals surface area contributed by atoms with Crippen molar-refractivity contribution in [2.24, 2.45) is 0 Å². The van der Waals surface area contributed by atoms with E-state index in [0.29, 0.717) is 17.7 Å². The standard InChI is InChI=1S/C11H12N2O2S/c1-8-5-9(7-12)6-10(13-8)16-4-3-11(14)15-2/h5-6H,3-4H2,1-2H3. The van der Waals surface area contributed by atoms with Crippen LogP contribution in [0.5, 0.6) is 0 Å². The molecule has 16 heavy (non-hydrogen) atoms. The van der Waals surface area contributed by atoms with Crippen LogP contribution < -0.4 is 0 Å². The minimum Gasteiger partial charge on any atom is -0.469 e. The molecule has 4 nitrogen and oxygen atoms in total. The summed E-state index contributed by atoms with van der Waals surface area (Å²) in [6.45, 7) is 1.84. The van der Waals surface area contributed by atoms with Gasteiger partial charge in [0.25, 0.3) is 0 Å². The van der Waals surface area contributed by atoms with Crippen LogP contribution in [-0.2, 0) is 9.53 Å². The summed E-state index contributed by atoms with van der Waals surface area (Å²) >= 11 is 1.44. The number of ether oxygens (including phenoxy) is 1. The van der Waals surface area contributed by atoms with E-state index < -0.39 is 0 Å². The molecule has 0 N–H and O–H groups in total. The molecule has 84 valence electrons. The van der Waals surface area contributed by atoms with Gasteiger partial charge in [0.05, 0.1) is 30.2 Å². The van der Waals surface area contributed by atoms with Gasteiger partial charge in [-0.25, -0.2) is 4.98 Å². The maximum Gasteiger partial charge on any atom is 0.306 e. The molecular formula is C11H12N2O2S. The Labute approximate surface area is 98.6 Å². The molecule has 5 heteroatoms. The zero-order valence-corrected chi connectivity index (χ0v) is 10.0. The Morgan fingerprint density at radius 3 is 3.00 bits per heavy atom. The third-order valence-electron chi connectivity index (χ3n) is 1.84. The van der Waals surface area contributed by atoms with Crippen molar-refractivity contribution in [3.63, 3.8) is 0 Å². The summed E-state index contributed by atoms with van der Waals surface area (Å²) in [4.78, 5) is 15.1. The molecule has 0 aliphatic heterocycles. The molecule has 0 atom stereocenters. The van der Waals surface area contributed by atoms with Gasteiger partial charge < -0.3 is 4.74 Å². The summed E-state index contributed by atoms with van der Waals surface area (Å²) in [6.07, 6.45) is 0.346. The number of pyridine rings is 1. The smallest absolute Gasteiger partial charge is 0.306 e. The Hall–Kier alpha value is -1.54. The highest BCUT2D eigenvalue weighted by molar-refractivity contribution is 7.99. The van der Waals surface area contributed by atoms with E-state index in [0.717, 1.165) is 10.7 Å². The van der Waals surface area contributed by atoms with Crippen molar-refractivity contribution in [3.8, 4) is 6.07 Å². The number of nitriles is 1. The summed E-state index contributed by atoms with van der Waals surface area (Å²) in [5.74, 6) is 0.370. The zero-order chi connectivity index (χ0) is 12.0. The molecule has 0 unspecified atom stereocenters. The van der Waals surface area contributed by atoms with E-state index in [9.17, 15) is 4.79 Å². The number of rotatable bonds is 4. The van der Waals surface area contributed by atoms with E-state index in [1.165, 1.54) is 18.9 Å². The van der Waals surface area contributed by atoms with Crippen LogP contribution in [-0.4, -0.2) is 23.8 Å². The molecule has 0 fully saturated rings. The maximum absolute atomic E-state index is 10.9. The van der Waals surface area contributed by atoms with Crippen LogP contribution in [0.2, 0.25) is 0 Å². The van der Waals surface area contributed by atoms with E-state index in [2.05, 4.69) is 15.8 Å². The summed E-state index contributed by atoms with van der Waals surface area (Å²) in [7, 11) is 1.37. The van der Waals surface area contributed by atoms with Gasteiger partial charge in [-0.15, -0.1) is 11.8 Å². The van der Waals surface area contributed by atoms with Crippen LogP contribution in [0.4, 0.5) is 0 Å². The first-order chi connectivity index (χ1) is 7.65. The second-order valence-corrected chi connectivity index (χ2v) is 4.24. The summed E-state index contributed by atoms with van der Waals surface area (Å²) in [5.41, 5.74) is 1.40. The van der Waals surface area contributed by atoms with Gasteiger partial charge in [-0.2, -0.15) is 5.26 Å². The number of nitrogens with zero attached hydrogens (tertiary/aromatic N) is 2. The monoisotopic (exact) mass is 236 g/mol. The molecule has 0 bridgehead atoms. The summed E-state index contributed by atoms with van der Waals surface area (Å²) < 4.78 is 4.53. The lowest BCUT2D eigenvalue weighted by Gasteiger charge is -2.02. The van der Waals surface area contributed by atoms with E-state index in [1.54, 1.807) is 12.1 Å². The highest BCUT2D eigenvalue weighted by atomic mass is 32.2. The van der Waals surface area contributed by atoms with Gasteiger partial charge >= 0.3 is 5.97 Å². The molecule has 1 aromatic heterocycles. The fraction of sp³-hybridized carbons (Fsp3) is 0.364. The van der Waals surface area contributed by atoms with Crippen molar-refractivity contribution in [2.45, 2.75) is 18.4 Å². The van der Waals surface area contributed by atoms with E-state index in [-0.39, 0.29) is 5.97 Å². The Morgan fingerprint density at radius 1 is 1.62 bits per heavy atom. The average Bonchev–Trinajstić information content (AvgIpc) is 2.28. The predicted molar refractivity (Wildman–Crippen MR) is 61.0 cm³/mol. The summed E-state index contributed by atoms with van der Waals surface area (Å²) in [5, 5.41) is 9.54. The van der Waals surface area contributed by atoms with Crippen molar-refractivity contribution < 1.29 is 9.53 Å². The molecule has 1 rings (SSSR count). The van der Waals surface area contributed by atoms with Crippen LogP contribution in [0.25, 0.3) is 0 Å².